The van der Waals surface area contributed by atoms with Crippen LogP contribution in [0.25, 0.3) is 0 Å². The summed E-state index contributed by atoms with van der Waals surface area (Å²) in [5.74, 6) is 2.03. The molecule has 1 aromatic heterocycles. The predicted molar refractivity (Wildman–Crippen MR) is 82.8 cm³/mol. The van der Waals surface area contributed by atoms with Gasteiger partial charge in [-0.1, -0.05) is 6.92 Å². The number of rotatable bonds is 9. The second-order valence-corrected chi connectivity index (χ2v) is 4.99. The molecule has 0 amide bonds. The number of aromatic nitrogens is 2. The van der Waals surface area contributed by atoms with E-state index in [1.54, 1.807) is 0 Å². The summed E-state index contributed by atoms with van der Waals surface area (Å²) in [4.78, 5) is 13.2. The SMILES string of the molecule is CCCN(CCN(C)C)c1cc(N)nc(COCC)n1. The predicted octanol–water partition coefficient (Wildman–Crippen LogP) is 1.37. The lowest BCUT2D eigenvalue weighted by Gasteiger charge is -2.25. The van der Waals surface area contributed by atoms with E-state index < -0.39 is 0 Å². The second-order valence-electron chi connectivity index (χ2n) is 4.99. The molecular formula is C14H27N5O. The van der Waals surface area contributed by atoms with Gasteiger partial charge < -0.3 is 20.3 Å². The van der Waals surface area contributed by atoms with Gasteiger partial charge in [0.1, 0.15) is 18.2 Å². The average molecular weight is 281 g/mol. The van der Waals surface area contributed by atoms with Crippen molar-refractivity contribution in [3.05, 3.63) is 11.9 Å². The molecule has 0 atom stereocenters. The summed E-state index contributed by atoms with van der Waals surface area (Å²) in [5.41, 5.74) is 5.88. The van der Waals surface area contributed by atoms with Crippen LogP contribution in [0.5, 0.6) is 0 Å². The Balaban J connectivity index is 2.84. The van der Waals surface area contributed by atoms with Gasteiger partial charge in [0, 0.05) is 32.3 Å². The molecule has 0 radical (unpaired) electrons. The molecule has 0 fully saturated rings. The zero-order valence-electron chi connectivity index (χ0n) is 13.1. The minimum atomic E-state index is 0.405. The molecule has 114 valence electrons. The largest absolute Gasteiger partial charge is 0.384 e. The van der Waals surface area contributed by atoms with Gasteiger partial charge in [-0.15, -0.1) is 0 Å². The Hall–Kier alpha value is -1.40. The highest BCUT2D eigenvalue weighted by Crippen LogP contribution is 2.15. The van der Waals surface area contributed by atoms with Gasteiger partial charge in [-0.2, -0.15) is 0 Å². The fourth-order valence-electron chi connectivity index (χ4n) is 1.85. The number of hydrogen-bond donors (Lipinski definition) is 1. The minimum absolute atomic E-state index is 0.405. The molecule has 0 aliphatic heterocycles. The molecule has 0 unspecified atom stereocenters. The van der Waals surface area contributed by atoms with Gasteiger partial charge in [-0.05, 0) is 27.4 Å². The molecule has 0 aliphatic carbocycles. The van der Waals surface area contributed by atoms with Crippen molar-refractivity contribution in [2.75, 3.05) is 51.0 Å². The maximum absolute atomic E-state index is 5.88. The van der Waals surface area contributed by atoms with Crippen molar-refractivity contribution >= 4 is 11.6 Å². The van der Waals surface area contributed by atoms with Crippen LogP contribution in [0, 0.1) is 0 Å². The number of nitrogens with two attached hydrogens (primary N) is 1. The Morgan fingerprint density at radius 2 is 1.90 bits per heavy atom. The molecule has 1 heterocycles. The molecule has 6 heteroatoms. The molecule has 0 aromatic carbocycles. The molecule has 6 nitrogen and oxygen atoms in total. The van der Waals surface area contributed by atoms with Crippen LogP contribution in [0.3, 0.4) is 0 Å². The molecule has 0 aliphatic rings. The Kier molecular flexibility index (Phi) is 7.25. The first-order valence-corrected chi connectivity index (χ1v) is 7.17. The van der Waals surface area contributed by atoms with Gasteiger partial charge in [0.15, 0.2) is 5.82 Å². The van der Waals surface area contributed by atoms with Gasteiger partial charge in [0.2, 0.25) is 0 Å². The zero-order valence-corrected chi connectivity index (χ0v) is 13.1. The van der Waals surface area contributed by atoms with Crippen molar-refractivity contribution in [1.29, 1.82) is 0 Å². The average Bonchev–Trinajstić information content (AvgIpc) is 2.40. The summed E-state index contributed by atoms with van der Waals surface area (Å²) < 4.78 is 5.36. The highest BCUT2D eigenvalue weighted by molar-refractivity contribution is 5.47. The summed E-state index contributed by atoms with van der Waals surface area (Å²) in [5, 5.41) is 0. The Morgan fingerprint density at radius 3 is 2.50 bits per heavy atom. The standard InChI is InChI=1S/C14H27N5O/c1-5-7-19(9-8-18(3)4)14-10-12(15)16-13(17-14)11-20-6-2/h10H,5-9,11H2,1-4H3,(H2,15,16,17). The number of ether oxygens (including phenoxy) is 1. The highest BCUT2D eigenvalue weighted by Gasteiger charge is 2.10. The van der Waals surface area contributed by atoms with Crippen molar-refractivity contribution < 1.29 is 4.74 Å². The zero-order chi connectivity index (χ0) is 15.0. The van der Waals surface area contributed by atoms with Crippen LogP contribution in [-0.2, 0) is 11.3 Å². The molecule has 0 saturated heterocycles. The third-order valence-corrected chi connectivity index (χ3v) is 2.85. The number of likely N-dealkylation sites (N-methyl/N-ethyl adjacent to an activating group) is 1. The molecule has 0 saturated carbocycles. The van der Waals surface area contributed by atoms with E-state index in [0.29, 0.717) is 24.9 Å². The van der Waals surface area contributed by atoms with E-state index in [4.69, 9.17) is 10.5 Å². The Labute approximate surface area is 121 Å². The lowest BCUT2D eigenvalue weighted by Crippen LogP contribution is -2.33. The van der Waals surface area contributed by atoms with Crippen LogP contribution in [0.15, 0.2) is 6.07 Å². The van der Waals surface area contributed by atoms with Crippen LogP contribution in [-0.4, -0.2) is 55.2 Å². The van der Waals surface area contributed by atoms with Gasteiger partial charge in [0.25, 0.3) is 0 Å². The summed E-state index contributed by atoms with van der Waals surface area (Å²) in [6.45, 7) is 8.02. The van der Waals surface area contributed by atoms with E-state index in [-0.39, 0.29) is 0 Å². The van der Waals surface area contributed by atoms with Crippen molar-refractivity contribution in [2.45, 2.75) is 26.9 Å². The normalized spacial score (nSPS) is 11.1. The minimum Gasteiger partial charge on any atom is -0.384 e. The first kappa shape index (κ1) is 16.7. The van der Waals surface area contributed by atoms with Crippen LogP contribution in [0.4, 0.5) is 11.6 Å². The molecule has 2 N–H and O–H groups in total. The molecule has 1 rings (SSSR count). The second kappa shape index (κ2) is 8.71. The van der Waals surface area contributed by atoms with Crippen molar-refractivity contribution in [3.8, 4) is 0 Å². The molecule has 0 bridgehead atoms. The maximum Gasteiger partial charge on any atom is 0.158 e. The lowest BCUT2D eigenvalue weighted by atomic mass is 10.3. The van der Waals surface area contributed by atoms with E-state index in [1.807, 2.05) is 13.0 Å². The van der Waals surface area contributed by atoms with Crippen LogP contribution < -0.4 is 10.6 Å². The number of anilines is 2. The van der Waals surface area contributed by atoms with Crippen molar-refractivity contribution in [1.82, 2.24) is 14.9 Å². The molecule has 0 spiro atoms. The summed E-state index contributed by atoms with van der Waals surface area (Å²) >= 11 is 0. The van der Waals surface area contributed by atoms with Crippen LogP contribution >= 0.6 is 0 Å². The van der Waals surface area contributed by atoms with Gasteiger partial charge in [-0.3, -0.25) is 0 Å². The number of hydrogen-bond acceptors (Lipinski definition) is 6. The fourth-order valence-corrected chi connectivity index (χ4v) is 1.85. The number of nitrogens with zero attached hydrogens (tertiary/aromatic N) is 4. The van der Waals surface area contributed by atoms with Crippen molar-refractivity contribution in [3.63, 3.8) is 0 Å². The fraction of sp³-hybridized carbons (Fsp3) is 0.714. The first-order chi connectivity index (χ1) is 9.56. The smallest absolute Gasteiger partial charge is 0.158 e. The van der Waals surface area contributed by atoms with Crippen molar-refractivity contribution in [2.24, 2.45) is 0 Å². The first-order valence-electron chi connectivity index (χ1n) is 7.17. The summed E-state index contributed by atoms with van der Waals surface area (Å²) in [6, 6.07) is 1.83. The van der Waals surface area contributed by atoms with Crippen LogP contribution in [0.1, 0.15) is 26.1 Å². The molecular weight excluding hydrogens is 254 g/mol. The van der Waals surface area contributed by atoms with Crippen LogP contribution in [0.2, 0.25) is 0 Å². The Morgan fingerprint density at radius 1 is 1.15 bits per heavy atom. The Bertz CT molecular complexity index is 397. The maximum atomic E-state index is 5.88. The molecule has 1 aromatic rings. The van der Waals surface area contributed by atoms with Gasteiger partial charge >= 0.3 is 0 Å². The topological polar surface area (TPSA) is 67.5 Å². The van der Waals surface area contributed by atoms with E-state index in [9.17, 15) is 0 Å². The van der Waals surface area contributed by atoms with Gasteiger partial charge in [0.05, 0.1) is 0 Å². The lowest BCUT2D eigenvalue weighted by molar-refractivity contribution is 0.128. The van der Waals surface area contributed by atoms with E-state index in [2.05, 4.69) is 40.8 Å². The molecule has 20 heavy (non-hydrogen) atoms. The third-order valence-electron chi connectivity index (χ3n) is 2.85. The van der Waals surface area contributed by atoms with E-state index in [1.165, 1.54) is 0 Å². The quantitative estimate of drug-likeness (QED) is 0.737. The number of nitrogen functional groups attached to an aromatic ring is 1. The third kappa shape index (κ3) is 5.71. The van der Waals surface area contributed by atoms with Gasteiger partial charge in [-0.25, -0.2) is 9.97 Å². The summed E-state index contributed by atoms with van der Waals surface area (Å²) in [6.07, 6.45) is 1.07. The van der Waals surface area contributed by atoms with E-state index in [0.717, 1.165) is 31.9 Å². The summed E-state index contributed by atoms with van der Waals surface area (Å²) in [7, 11) is 4.14. The van der Waals surface area contributed by atoms with E-state index >= 15 is 0 Å². The highest BCUT2D eigenvalue weighted by atomic mass is 16.5. The monoisotopic (exact) mass is 281 g/mol.